The highest BCUT2D eigenvalue weighted by Crippen LogP contribution is 2.23. The quantitative estimate of drug-likeness (QED) is 0.660. The molecule has 1 aromatic carbocycles. The summed E-state index contributed by atoms with van der Waals surface area (Å²) in [4.78, 5) is 12.0. The molecule has 7 heteroatoms. The number of aryl methyl sites for hydroxylation is 2. The third-order valence-corrected chi connectivity index (χ3v) is 4.33. The van der Waals surface area contributed by atoms with Crippen LogP contribution in [0.15, 0.2) is 22.7 Å². The Balaban J connectivity index is 2.11. The van der Waals surface area contributed by atoms with E-state index < -0.39 is 5.97 Å². The summed E-state index contributed by atoms with van der Waals surface area (Å²) in [6, 6.07) is 4.65. The minimum atomic E-state index is -0.454. The van der Waals surface area contributed by atoms with Gasteiger partial charge in [0.25, 0.3) is 0 Å². The minimum absolute atomic E-state index is 0.130. The topological polar surface area (TPSA) is 70.1 Å². The lowest BCUT2D eigenvalue weighted by Crippen LogP contribution is -2.08. The van der Waals surface area contributed by atoms with E-state index in [4.69, 9.17) is 22.1 Å². The number of nitrogen functional groups attached to an aromatic ring is 1. The maximum atomic E-state index is 12.0. The Labute approximate surface area is 136 Å². The largest absolute Gasteiger partial charge is 0.456 e. The Hall–Kier alpha value is -1.53. The van der Waals surface area contributed by atoms with Crippen LogP contribution in [0.2, 0.25) is 5.02 Å². The van der Waals surface area contributed by atoms with Crippen LogP contribution in [0, 0.1) is 0 Å². The molecule has 112 valence electrons. The zero-order valence-corrected chi connectivity index (χ0v) is 14.0. The van der Waals surface area contributed by atoms with E-state index >= 15 is 0 Å². The van der Waals surface area contributed by atoms with Crippen LogP contribution in [0.25, 0.3) is 0 Å². The van der Waals surface area contributed by atoms with Gasteiger partial charge in [0.15, 0.2) is 0 Å². The molecule has 0 aliphatic rings. The second-order valence-electron chi connectivity index (χ2n) is 4.50. The van der Waals surface area contributed by atoms with Crippen molar-refractivity contribution in [2.45, 2.75) is 20.0 Å². The number of carbonyl (C=O) groups is 1. The predicted molar refractivity (Wildman–Crippen MR) is 85.3 cm³/mol. The van der Waals surface area contributed by atoms with E-state index in [2.05, 4.69) is 21.0 Å². The standard InChI is InChI=1S/C14H15BrClN3O2/c1-3-11-13(15)12(19(2)18-11)7-21-14(20)8-4-5-9(16)10(17)6-8/h4-6H,3,7,17H2,1-2H3. The molecular formula is C14H15BrClN3O2. The average Bonchev–Trinajstić information content (AvgIpc) is 2.73. The van der Waals surface area contributed by atoms with Crippen molar-refractivity contribution in [2.75, 3.05) is 5.73 Å². The van der Waals surface area contributed by atoms with E-state index in [-0.39, 0.29) is 6.61 Å². The summed E-state index contributed by atoms with van der Waals surface area (Å²) in [5.41, 5.74) is 8.13. The lowest BCUT2D eigenvalue weighted by Gasteiger charge is -2.07. The Morgan fingerprint density at radius 1 is 1.52 bits per heavy atom. The van der Waals surface area contributed by atoms with Crippen LogP contribution in [-0.4, -0.2) is 15.7 Å². The maximum absolute atomic E-state index is 12.0. The fourth-order valence-electron chi connectivity index (χ4n) is 1.86. The number of ether oxygens (including phenoxy) is 1. The fraction of sp³-hybridized carbons (Fsp3) is 0.286. The Morgan fingerprint density at radius 2 is 2.24 bits per heavy atom. The van der Waals surface area contributed by atoms with E-state index in [9.17, 15) is 4.79 Å². The lowest BCUT2D eigenvalue weighted by atomic mass is 10.2. The molecule has 2 aromatic rings. The van der Waals surface area contributed by atoms with Gasteiger partial charge in [-0.05, 0) is 40.5 Å². The smallest absolute Gasteiger partial charge is 0.338 e. The second kappa shape index (κ2) is 6.49. The number of anilines is 1. The number of esters is 1. The van der Waals surface area contributed by atoms with Crippen LogP contribution < -0.4 is 5.73 Å². The van der Waals surface area contributed by atoms with Gasteiger partial charge in [0.1, 0.15) is 6.61 Å². The number of nitrogens with zero attached hydrogens (tertiary/aromatic N) is 2. The molecule has 0 unspecified atom stereocenters. The first kappa shape index (κ1) is 15.9. The highest BCUT2D eigenvalue weighted by molar-refractivity contribution is 9.10. The SMILES string of the molecule is CCc1nn(C)c(COC(=O)c2ccc(Cl)c(N)c2)c1Br. The molecule has 0 aliphatic heterocycles. The molecule has 1 heterocycles. The summed E-state index contributed by atoms with van der Waals surface area (Å²) in [6.07, 6.45) is 0.802. The van der Waals surface area contributed by atoms with Crippen molar-refractivity contribution in [1.29, 1.82) is 0 Å². The molecule has 0 aliphatic carbocycles. The molecule has 1 aromatic heterocycles. The van der Waals surface area contributed by atoms with Gasteiger partial charge in [-0.2, -0.15) is 5.10 Å². The van der Waals surface area contributed by atoms with Gasteiger partial charge in [-0.15, -0.1) is 0 Å². The van der Waals surface area contributed by atoms with Gasteiger partial charge >= 0.3 is 5.97 Å². The normalized spacial score (nSPS) is 10.7. The number of aromatic nitrogens is 2. The van der Waals surface area contributed by atoms with Crippen molar-refractivity contribution in [3.8, 4) is 0 Å². The van der Waals surface area contributed by atoms with Gasteiger partial charge in [-0.25, -0.2) is 4.79 Å². The molecule has 0 radical (unpaired) electrons. The van der Waals surface area contributed by atoms with Crippen LogP contribution in [0.1, 0.15) is 28.7 Å². The van der Waals surface area contributed by atoms with Crippen LogP contribution in [0.3, 0.4) is 0 Å². The molecular weight excluding hydrogens is 358 g/mol. The lowest BCUT2D eigenvalue weighted by molar-refractivity contribution is 0.0463. The van der Waals surface area contributed by atoms with Gasteiger partial charge < -0.3 is 10.5 Å². The maximum Gasteiger partial charge on any atom is 0.338 e. The van der Waals surface area contributed by atoms with Crippen LogP contribution in [-0.2, 0) is 24.8 Å². The number of nitrogens with two attached hydrogens (primary N) is 1. The van der Waals surface area contributed by atoms with E-state index in [1.54, 1.807) is 16.8 Å². The number of carbonyl (C=O) groups excluding carboxylic acids is 1. The molecule has 2 rings (SSSR count). The average molecular weight is 373 g/mol. The van der Waals surface area contributed by atoms with Crippen LogP contribution in [0.5, 0.6) is 0 Å². The summed E-state index contributed by atoms with van der Waals surface area (Å²) in [5, 5.41) is 4.76. The first-order valence-corrected chi connectivity index (χ1v) is 7.53. The van der Waals surface area contributed by atoms with E-state index in [0.29, 0.717) is 16.3 Å². The molecule has 2 N–H and O–H groups in total. The van der Waals surface area contributed by atoms with Crippen molar-refractivity contribution in [1.82, 2.24) is 9.78 Å². The summed E-state index contributed by atoms with van der Waals surface area (Å²) in [5.74, 6) is -0.454. The molecule has 0 fully saturated rings. The van der Waals surface area contributed by atoms with Crippen molar-refractivity contribution in [3.63, 3.8) is 0 Å². The Kier molecular flexibility index (Phi) is 4.90. The molecule has 0 bridgehead atoms. The van der Waals surface area contributed by atoms with Gasteiger partial charge in [0, 0.05) is 7.05 Å². The molecule has 0 saturated heterocycles. The number of halogens is 2. The van der Waals surface area contributed by atoms with E-state index in [1.165, 1.54) is 6.07 Å². The Bertz CT molecular complexity index is 685. The van der Waals surface area contributed by atoms with E-state index in [0.717, 1.165) is 22.3 Å². The molecule has 0 saturated carbocycles. The van der Waals surface area contributed by atoms with Crippen molar-refractivity contribution in [2.24, 2.45) is 7.05 Å². The highest BCUT2D eigenvalue weighted by atomic mass is 79.9. The molecule has 0 spiro atoms. The van der Waals surface area contributed by atoms with Crippen LogP contribution >= 0.6 is 27.5 Å². The van der Waals surface area contributed by atoms with Gasteiger partial charge in [-0.1, -0.05) is 18.5 Å². The van der Waals surface area contributed by atoms with Crippen molar-refractivity contribution in [3.05, 3.63) is 44.6 Å². The van der Waals surface area contributed by atoms with Gasteiger partial charge in [-0.3, -0.25) is 4.68 Å². The molecule has 0 atom stereocenters. The van der Waals surface area contributed by atoms with Gasteiger partial charge in [0.2, 0.25) is 0 Å². The molecule has 5 nitrogen and oxygen atoms in total. The summed E-state index contributed by atoms with van der Waals surface area (Å²) < 4.78 is 7.87. The first-order chi connectivity index (χ1) is 9.93. The number of hydrogen-bond acceptors (Lipinski definition) is 4. The summed E-state index contributed by atoms with van der Waals surface area (Å²) >= 11 is 9.30. The zero-order valence-electron chi connectivity index (χ0n) is 11.7. The van der Waals surface area contributed by atoms with Crippen molar-refractivity contribution < 1.29 is 9.53 Å². The molecule has 0 amide bonds. The minimum Gasteiger partial charge on any atom is -0.456 e. The summed E-state index contributed by atoms with van der Waals surface area (Å²) in [7, 11) is 1.81. The monoisotopic (exact) mass is 371 g/mol. The number of hydrogen-bond donors (Lipinski definition) is 1. The second-order valence-corrected chi connectivity index (χ2v) is 5.70. The summed E-state index contributed by atoms with van der Waals surface area (Å²) in [6.45, 7) is 2.14. The number of rotatable bonds is 4. The molecule has 21 heavy (non-hydrogen) atoms. The number of benzene rings is 1. The van der Waals surface area contributed by atoms with E-state index in [1.807, 2.05) is 14.0 Å². The highest BCUT2D eigenvalue weighted by Gasteiger charge is 2.15. The zero-order chi connectivity index (χ0) is 15.6. The fourth-order valence-corrected chi connectivity index (χ4v) is 2.71. The third-order valence-electron chi connectivity index (χ3n) is 3.07. The third kappa shape index (κ3) is 3.39. The van der Waals surface area contributed by atoms with Gasteiger partial charge in [0.05, 0.1) is 32.1 Å². The predicted octanol–water partition coefficient (Wildman–Crippen LogP) is 3.34. The van der Waals surface area contributed by atoms with Crippen LogP contribution in [0.4, 0.5) is 5.69 Å². The first-order valence-electron chi connectivity index (χ1n) is 6.36. The van der Waals surface area contributed by atoms with Crippen molar-refractivity contribution >= 4 is 39.2 Å². The Morgan fingerprint density at radius 3 is 2.81 bits per heavy atom.